The van der Waals surface area contributed by atoms with Gasteiger partial charge in [0, 0.05) is 25.6 Å². The van der Waals surface area contributed by atoms with Gasteiger partial charge in [0.2, 0.25) is 5.91 Å². The van der Waals surface area contributed by atoms with Crippen LogP contribution in [0.3, 0.4) is 0 Å². The van der Waals surface area contributed by atoms with Crippen LogP contribution in [-0.4, -0.2) is 25.8 Å². The van der Waals surface area contributed by atoms with Crippen molar-refractivity contribution in [1.29, 1.82) is 0 Å². The normalized spacial score (nSPS) is 10.2. The molecule has 0 heterocycles. The summed E-state index contributed by atoms with van der Waals surface area (Å²) in [4.78, 5) is 24.6. The SMILES string of the molecule is COc1ccc(N(C)C(=O)CCCCCCC(C)=O)cc1. The molecule has 0 aliphatic heterocycles. The van der Waals surface area contributed by atoms with Gasteiger partial charge in [0.05, 0.1) is 7.11 Å². The van der Waals surface area contributed by atoms with E-state index in [1.165, 1.54) is 0 Å². The van der Waals surface area contributed by atoms with E-state index in [1.807, 2.05) is 24.3 Å². The van der Waals surface area contributed by atoms with Crippen LogP contribution in [0, 0.1) is 0 Å². The molecule has 1 aromatic rings. The lowest BCUT2D eigenvalue weighted by atomic mass is 10.1. The molecule has 0 fully saturated rings. The number of carbonyl (C=O) groups excluding carboxylic acids is 2. The number of rotatable bonds is 9. The second-order valence-corrected chi connectivity index (χ2v) is 5.27. The van der Waals surface area contributed by atoms with E-state index in [1.54, 1.807) is 26.0 Å². The maximum Gasteiger partial charge on any atom is 0.226 e. The zero-order valence-corrected chi connectivity index (χ0v) is 13.2. The van der Waals surface area contributed by atoms with Crippen molar-refractivity contribution in [3.8, 4) is 5.75 Å². The predicted octanol–water partition coefficient (Wildman–Crippen LogP) is 3.59. The molecule has 1 amide bonds. The second-order valence-electron chi connectivity index (χ2n) is 5.27. The fourth-order valence-corrected chi connectivity index (χ4v) is 2.12. The highest BCUT2D eigenvalue weighted by molar-refractivity contribution is 5.92. The van der Waals surface area contributed by atoms with Crippen molar-refractivity contribution in [2.24, 2.45) is 0 Å². The number of unbranched alkanes of at least 4 members (excludes halogenated alkanes) is 3. The number of ketones is 1. The first-order valence-electron chi connectivity index (χ1n) is 7.44. The van der Waals surface area contributed by atoms with Crippen molar-refractivity contribution < 1.29 is 14.3 Å². The molecule has 21 heavy (non-hydrogen) atoms. The minimum Gasteiger partial charge on any atom is -0.497 e. The van der Waals surface area contributed by atoms with E-state index in [2.05, 4.69) is 0 Å². The predicted molar refractivity (Wildman–Crippen MR) is 84.8 cm³/mol. The first-order chi connectivity index (χ1) is 10.0. The molecular formula is C17H25NO3. The van der Waals surface area contributed by atoms with E-state index in [4.69, 9.17) is 4.74 Å². The Labute approximate surface area is 127 Å². The van der Waals surface area contributed by atoms with Crippen LogP contribution in [0.5, 0.6) is 5.75 Å². The van der Waals surface area contributed by atoms with Crippen LogP contribution in [0.25, 0.3) is 0 Å². The molecule has 0 radical (unpaired) electrons. The van der Waals surface area contributed by atoms with Crippen molar-refractivity contribution in [1.82, 2.24) is 0 Å². The topological polar surface area (TPSA) is 46.6 Å². The Morgan fingerprint density at radius 2 is 1.57 bits per heavy atom. The molecule has 0 bridgehead atoms. The van der Waals surface area contributed by atoms with E-state index in [-0.39, 0.29) is 11.7 Å². The lowest BCUT2D eigenvalue weighted by Gasteiger charge is -2.17. The number of Topliss-reactive ketones (excluding diaryl/α,β-unsaturated/α-hetero) is 1. The van der Waals surface area contributed by atoms with Crippen molar-refractivity contribution in [3.05, 3.63) is 24.3 Å². The standard InChI is InChI=1S/C17H25NO3/c1-14(19)8-6-4-5-7-9-17(20)18(2)15-10-12-16(21-3)13-11-15/h10-13H,4-9H2,1-3H3. The Morgan fingerprint density at radius 3 is 2.10 bits per heavy atom. The number of hydrogen-bond acceptors (Lipinski definition) is 3. The number of anilines is 1. The lowest BCUT2D eigenvalue weighted by Crippen LogP contribution is -2.25. The number of ether oxygens (including phenoxy) is 1. The van der Waals surface area contributed by atoms with Gasteiger partial charge in [-0.15, -0.1) is 0 Å². The fraction of sp³-hybridized carbons (Fsp3) is 0.529. The van der Waals surface area contributed by atoms with E-state index < -0.39 is 0 Å². The Morgan fingerprint density at radius 1 is 1.00 bits per heavy atom. The smallest absolute Gasteiger partial charge is 0.226 e. The first kappa shape index (κ1) is 17.2. The summed E-state index contributed by atoms with van der Waals surface area (Å²) in [5, 5.41) is 0. The highest BCUT2D eigenvalue weighted by Gasteiger charge is 2.10. The Kier molecular flexibility index (Phi) is 7.51. The molecule has 0 aliphatic rings. The minimum absolute atomic E-state index is 0.117. The minimum atomic E-state index is 0.117. The van der Waals surface area contributed by atoms with Crippen molar-refractivity contribution >= 4 is 17.4 Å². The largest absolute Gasteiger partial charge is 0.497 e. The number of hydrogen-bond donors (Lipinski definition) is 0. The highest BCUT2D eigenvalue weighted by Crippen LogP contribution is 2.19. The molecule has 4 heteroatoms. The molecule has 0 unspecified atom stereocenters. The van der Waals surface area contributed by atoms with Crippen LogP contribution in [-0.2, 0) is 9.59 Å². The third kappa shape index (κ3) is 6.43. The number of carbonyl (C=O) groups is 2. The molecule has 0 saturated carbocycles. The second kappa shape index (κ2) is 9.16. The van der Waals surface area contributed by atoms with Crippen LogP contribution < -0.4 is 9.64 Å². The lowest BCUT2D eigenvalue weighted by molar-refractivity contribution is -0.119. The molecule has 1 rings (SSSR count). The average molecular weight is 291 g/mol. The Bertz CT molecular complexity index is 454. The molecule has 1 aromatic carbocycles. The summed E-state index contributed by atoms with van der Waals surface area (Å²) in [6.45, 7) is 1.62. The number of amides is 1. The highest BCUT2D eigenvalue weighted by atomic mass is 16.5. The quantitative estimate of drug-likeness (QED) is 0.653. The maximum atomic E-state index is 12.1. The zero-order chi connectivity index (χ0) is 15.7. The van der Waals surface area contributed by atoms with Gasteiger partial charge >= 0.3 is 0 Å². The van der Waals surface area contributed by atoms with Gasteiger partial charge in [-0.1, -0.05) is 12.8 Å². The fourth-order valence-electron chi connectivity index (χ4n) is 2.12. The van der Waals surface area contributed by atoms with E-state index in [0.717, 1.165) is 37.1 Å². The van der Waals surface area contributed by atoms with Crippen LogP contribution in [0.15, 0.2) is 24.3 Å². The molecular weight excluding hydrogens is 266 g/mol. The van der Waals surface area contributed by atoms with E-state index in [0.29, 0.717) is 12.8 Å². The van der Waals surface area contributed by atoms with Gasteiger partial charge in [0.1, 0.15) is 11.5 Å². The van der Waals surface area contributed by atoms with E-state index in [9.17, 15) is 9.59 Å². The van der Waals surface area contributed by atoms with Crippen molar-refractivity contribution in [2.45, 2.75) is 45.4 Å². The maximum absolute atomic E-state index is 12.1. The van der Waals surface area contributed by atoms with Gasteiger partial charge in [-0.2, -0.15) is 0 Å². The van der Waals surface area contributed by atoms with Gasteiger partial charge in [-0.3, -0.25) is 4.79 Å². The van der Waals surface area contributed by atoms with Gasteiger partial charge in [-0.05, 0) is 44.0 Å². The van der Waals surface area contributed by atoms with Crippen LogP contribution in [0.2, 0.25) is 0 Å². The third-order valence-corrected chi connectivity index (χ3v) is 3.50. The monoisotopic (exact) mass is 291 g/mol. The Balaban J connectivity index is 2.28. The summed E-state index contributed by atoms with van der Waals surface area (Å²) in [5.41, 5.74) is 0.873. The van der Waals surface area contributed by atoms with Crippen LogP contribution in [0.4, 0.5) is 5.69 Å². The summed E-state index contributed by atoms with van der Waals surface area (Å²) in [6, 6.07) is 7.45. The van der Waals surface area contributed by atoms with Gasteiger partial charge in [0.25, 0.3) is 0 Å². The van der Waals surface area contributed by atoms with Gasteiger partial charge in [0.15, 0.2) is 0 Å². The number of benzene rings is 1. The van der Waals surface area contributed by atoms with Crippen LogP contribution >= 0.6 is 0 Å². The summed E-state index contributed by atoms with van der Waals surface area (Å²) in [6.07, 6.45) is 5.01. The summed E-state index contributed by atoms with van der Waals surface area (Å²) >= 11 is 0. The molecule has 4 nitrogen and oxygen atoms in total. The molecule has 0 saturated heterocycles. The summed E-state index contributed by atoms with van der Waals surface area (Å²) < 4.78 is 5.10. The van der Waals surface area contributed by atoms with E-state index >= 15 is 0 Å². The van der Waals surface area contributed by atoms with Crippen molar-refractivity contribution in [3.63, 3.8) is 0 Å². The third-order valence-electron chi connectivity index (χ3n) is 3.50. The van der Waals surface area contributed by atoms with Gasteiger partial charge in [-0.25, -0.2) is 0 Å². The molecule has 0 atom stereocenters. The van der Waals surface area contributed by atoms with Gasteiger partial charge < -0.3 is 14.4 Å². The molecule has 116 valence electrons. The average Bonchev–Trinajstić information content (AvgIpc) is 2.49. The molecule has 0 aliphatic carbocycles. The summed E-state index contributed by atoms with van der Waals surface area (Å²) in [7, 11) is 3.41. The number of methoxy groups -OCH3 is 1. The molecule has 0 N–H and O–H groups in total. The molecule has 0 spiro atoms. The first-order valence-corrected chi connectivity index (χ1v) is 7.44. The number of nitrogens with zero attached hydrogens (tertiary/aromatic N) is 1. The van der Waals surface area contributed by atoms with Crippen LogP contribution in [0.1, 0.15) is 45.4 Å². The zero-order valence-electron chi connectivity index (χ0n) is 13.2. The molecule has 0 aromatic heterocycles. The van der Waals surface area contributed by atoms with Crippen molar-refractivity contribution in [2.75, 3.05) is 19.1 Å². The summed E-state index contributed by atoms with van der Waals surface area (Å²) in [5.74, 6) is 1.14. The Hall–Kier alpha value is -1.84.